The van der Waals surface area contributed by atoms with Gasteiger partial charge in [-0.1, -0.05) is 54.6 Å². The summed E-state index contributed by atoms with van der Waals surface area (Å²) in [5, 5.41) is 0. The number of esters is 3. The molecular weight excluding hydrogens is 504 g/mol. The number of hydrogen-bond donors (Lipinski definition) is 0. The number of carbonyl (C=O) groups is 3. The van der Waals surface area contributed by atoms with Crippen LogP contribution in [0.3, 0.4) is 0 Å². The summed E-state index contributed by atoms with van der Waals surface area (Å²) in [4.78, 5) is 38.8. The third kappa shape index (κ3) is 6.17. The fourth-order valence-corrected chi connectivity index (χ4v) is 4.49. The van der Waals surface area contributed by atoms with E-state index in [0.717, 1.165) is 0 Å². The Hall–Kier alpha value is -4.05. The maximum atomic E-state index is 13.0. The molecule has 0 aliphatic carbocycles. The maximum absolute atomic E-state index is 13.0. The molecule has 0 radical (unpaired) electrons. The van der Waals surface area contributed by atoms with Crippen molar-refractivity contribution < 1.29 is 42.8 Å². The summed E-state index contributed by atoms with van der Waals surface area (Å²) in [5.41, 5.74) is 0.947. The lowest BCUT2D eigenvalue weighted by Gasteiger charge is -2.30. The largest absolute Gasteiger partial charge is 0.458 e. The van der Waals surface area contributed by atoms with Crippen LogP contribution < -0.4 is 0 Å². The molecular formula is C30H28O9. The Morgan fingerprint density at radius 3 is 1.82 bits per heavy atom. The normalized spacial score (nSPS) is 23.8. The van der Waals surface area contributed by atoms with E-state index in [1.165, 1.54) is 0 Å². The topological polar surface area (TPSA) is 107 Å². The van der Waals surface area contributed by atoms with E-state index in [1.807, 2.05) is 0 Å². The average Bonchev–Trinajstić information content (AvgIpc) is 3.43. The summed E-state index contributed by atoms with van der Waals surface area (Å²) in [6, 6.07) is 25.2. The van der Waals surface area contributed by atoms with Crippen LogP contribution in [0.1, 0.15) is 44.9 Å². The molecule has 0 spiro atoms. The van der Waals surface area contributed by atoms with Gasteiger partial charge in [-0.2, -0.15) is 0 Å². The van der Waals surface area contributed by atoms with Crippen molar-refractivity contribution in [3.8, 4) is 0 Å². The van der Waals surface area contributed by atoms with E-state index in [-0.39, 0.29) is 6.61 Å². The van der Waals surface area contributed by atoms with Crippen molar-refractivity contribution in [2.24, 2.45) is 0 Å². The maximum Gasteiger partial charge on any atom is 0.338 e. The lowest BCUT2D eigenvalue weighted by molar-refractivity contribution is -0.227. The van der Waals surface area contributed by atoms with Crippen molar-refractivity contribution in [2.45, 2.75) is 50.3 Å². The monoisotopic (exact) mass is 532 g/mol. The van der Waals surface area contributed by atoms with Crippen molar-refractivity contribution in [3.05, 3.63) is 108 Å². The summed E-state index contributed by atoms with van der Waals surface area (Å²) in [6.45, 7) is 3.07. The predicted molar refractivity (Wildman–Crippen MR) is 137 cm³/mol. The molecule has 202 valence electrons. The molecule has 2 saturated heterocycles. The lowest BCUT2D eigenvalue weighted by Crippen LogP contribution is -2.47. The molecule has 0 amide bonds. The standard InChI is InChI=1S/C30H28O9/c1-30(2)38-25-24(36-28(33)21-16-10-5-11-17-21)23(37-29(25)39-30)22(35-27(32)20-14-8-4-9-15-20)18-34-26(31)19-12-6-3-7-13-19/h3-17,22-25,29H,18H2,1-2H3/t22-,23+,24+,25+,29-/m1/s1. The highest BCUT2D eigenvalue weighted by Crippen LogP contribution is 2.40. The minimum Gasteiger partial charge on any atom is -0.458 e. The Kier molecular flexibility index (Phi) is 7.74. The molecule has 9 heteroatoms. The number of benzene rings is 3. The van der Waals surface area contributed by atoms with Crippen molar-refractivity contribution >= 4 is 17.9 Å². The first-order valence-corrected chi connectivity index (χ1v) is 12.6. The van der Waals surface area contributed by atoms with Crippen molar-refractivity contribution in [1.29, 1.82) is 0 Å². The van der Waals surface area contributed by atoms with Crippen molar-refractivity contribution in [2.75, 3.05) is 6.61 Å². The Balaban J connectivity index is 1.41. The fraction of sp³-hybridized carbons (Fsp3) is 0.300. The first-order chi connectivity index (χ1) is 18.8. The van der Waals surface area contributed by atoms with Crippen LogP contribution in [-0.2, 0) is 28.4 Å². The van der Waals surface area contributed by atoms with E-state index in [0.29, 0.717) is 16.7 Å². The van der Waals surface area contributed by atoms with E-state index in [9.17, 15) is 14.4 Å². The number of rotatable bonds is 8. The summed E-state index contributed by atoms with van der Waals surface area (Å²) >= 11 is 0. The first-order valence-electron chi connectivity index (χ1n) is 12.6. The van der Waals surface area contributed by atoms with Crippen LogP contribution in [0.25, 0.3) is 0 Å². The molecule has 2 fully saturated rings. The second-order valence-corrected chi connectivity index (χ2v) is 9.58. The van der Waals surface area contributed by atoms with E-state index >= 15 is 0 Å². The lowest BCUT2D eigenvalue weighted by atomic mass is 10.1. The van der Waals surface area contributed by atoms with Gasteiger partial charge >= 0.3 is 17.9 Å². The smallest absolute Gasteiger partial charge is 0.338 e. The van der Waals surface area contributed by atoms with Crippen LogP contribution in [0.2, 0.25) is 0 Å². The Morgan fingerprint density at radius 2 is 1.26 bits per heavy atom. The molecule has 5 atom stereocenters. The van der Waals surface area contributed by atoms with Crippen molar-refractivity contribution in [3.63, 3.8) is 0 Å². The Morgan fingerprint density at radius 1 is 0.744 bits per heavy atom. The van der Waals surface area contributed by atoms with Gasteiger partial charge in [0.2, 0.25) is 0 Å². The Labute approximate surface area is 225 Å². The van der Waals surface area contributed by atoms with Gasteiger partial charge in [-0.25, -0.2) is 14.4 Å². The minimum atomic E-state index is -1.15. The highest BCUT2D eigenvalue weighted by Gasteiger charge is 2.59. The van der Waals surface area contributed by atoms with Gasteiger partial charge in [-0.15, -0.1) is 0 Å². The number of fused-ring (bicyclic) bond motifs is 1. The molecule has 0 N–H and O–H groups in total. The zero-order chi connectivity index (χ0) is 27.4. The molecule has 3 aromatic rings. The van der Waals surface area contributed by atoms with Gasteiger partial charge in [-0.3, -0.25) is 0 Å². The van der Waals surface area contributed by atoms with Gasteiger partial charge in [0.25, 0.3) is 0 Å². The van der Waals surface area contributed by atoms with E-state index in [4.69, 9.17) is 28.4 Å². The van der Waals surface area contributed by atoms with Crippen LogP contribution in [0.15, 0.2) is 91.0 Å². The molecule has 9 nitrogen and oxygen atoms in total. The molecule has 39 heavy (non-hydrogen) atoms. The highest BCUT2D eigenvalue weighted by molar-refractivity contribution is 5.90. The van der Waals surface area contributed by atoms with E-state index in [2.05, 4.69) is 0 Å². The second-order valence-electron chi connectivity index (χ2n) is 9.58. The number of carbonyl (C=O) groups excluding carboxylic acids is 3. The van der Waals surface area contributed by atoms with Crippen LogP contribution in [-0.4, -0.2) is 61.0 Å². The van der Waals surface area contributed by atoms with Gasteiger partial charge in [0, 0.05) is 0 Å². The van der Waals surface area contributed by atoms with Gasteiger partial charge in [0.15, 0.2) is 30.4 Å². The molecule has 0 unspecified atom stereocenters. The quantitative estimate of drug-likeness (QED) is 0.312. The average molecular weight is 533 g/mol. The van der Waals surface area contributed by atoms with Crippen molar-refractivity contribution in [1.82, 2.24) is 0 Å². The molecule has 2 aliphatic heterocycles. The van der Waals surface area contributed by atoms with Gasteiger partial charge in [0.1, 0.15) is 12.7 Å². The van der Waals surface area contributed by atoms with Crippen LogP contribution in [0.5, 0.6) is 0 Å². The predicted octanol–water partition coefficient (Wildman–Crippen LogP) is 4.17. The molecule has 2 aliphatic rings. The van der Waals surface area contributed by atoms with Crippen LogP contribution in [0.4, 0.5) is 0 Å². The minimum absolute atomic E-state index is 0.293. The molecule has 5 rings (SSSR count). The molecule has 0 saturated carbocycles. The second kappa shape index (κ2) is 11.4. The third-order valence-corrected chi connectivity index (χ3v) is 6.30. The van der Waals surface area contributed by atoms with Crippen LogP contribution in [0, 0.1) is 0 Å². The summed E-state index contributed by atoms with van der Waals surface area (Å²) in [5.74, 6) is -2.88. The first kappa shape index (κ1) is 26.6. The van der Waals surface area contributed by atoms with Gasteiger partial charge < -0.3 is 28.4 Å². The van der Waals surface area contributed by atoms with Crippen LogP contribution >= 0.6 is 0 Å². The van der Waals surface area contributed by atoms with E-state index in [1.54, 1.807) is 105 Å². The van der Waals surface area contributed by atoms with Gasteiger partial charge in [0.05, 0.1) is 16.7 Å². The molecule has 0 bridgehead atoms. The number of ether oxygens (including phenoxy) is 6. The molecule has 2 heterocycles. The third-order valence-electron chi connectivity index (χ3n) is 6.30. The Bertz CT molecular complexity index is 1290. The number of hydrogen-bond acceptors (Lipinski definition) is 9. The zero-order valence-corrected chi connectivity index (χ0v) is 21.4. The summed E-state index contributed by atoms with van der Waals surface area (Å²) in [7, 11) is 0. The SMILES string of the molecule is CC1(C)O[C@H]2O[C@@H]([C@@H](COC(=O)c3ccccc3)OC(=O)c3ccccc3)[C@H](OC(=O)c3ccccc3)[C@@H]2O1. The summed E-state index contributed by atoms with van der Waals surface area (Å²) in [6.07, 6.45) is -4.95. The zero-order valence-electron chi connectivity index (χ0n) is 21.4. The highest BCUT2D eigenvalue weighted by atomic mass is 16.8. The molecule has 0 aromatic heterocycles. The summed E-state index contributed by atoms with van der Waals surface area (Å²) < 4.78 is 35.2. The van der Waals surface area contributed by atoms with E-state index < -0.39 is 54.4 Å². The molecule has 3 aromatic carbocycles. The fourth-order valence-electron chi connectivity index (χ4n) is 4.49. The van der Waals surface area contributed by atoms with Gasteiger partial charge in [-0.05, 0) is 50.2 Å².